The quantitative estimate of drug-likeness (QED) is 0.488. The summed E-state index contributed by atoms with van der Waals surface area (Å²) in [6.07, 6.45) is 13.4. The van der Waals surface area contributed by atoms with Crippen LogP contribution >= 0.6 is 0 Å². The fourth-order valence-electron chi connectivity index (χ4n) is 6.91. The summed E-state index contributed by atoms with van der Waals surface area (Å²) in [5.41, 5.74) is 3.15. The minimum atomic E-state index is -0.648. The third kappa shape index (κ3) is 5.37. The molecule has 0 spiro atoms. The predicted molar refractivity (Wildman–Crippen MR) is 129 cm³/mol. The molecule has 0 radical (unpaired) electrons. The van der Waals surface area contributed by atoms with Gasteiger partial charge in [-0.05, 0) is 93.1 Å². The monoisotopic (exact) mass is 430 g/mol. The van der Waals surface area contributed by atoms with Crippen LogP contribution in [-0.4, -0.2) is 33.1 Å². The first-order valence-electron chi connectivity index (χ1n) is 12.6. The molecule has 3 N–H and O–H groups in total. The topological polar surface area (TPSA) is 60.7 Å². The Balaban J connectivity index is 1.71. The smallest absolute Gasteiger partial charge is 0.0837 e. The molecular formula is C28H46O3. The van der Waals surface area contributed by atoms with Crippen molar-refractivity contribution in [3.8, 4) is 0 Å². The molecule has 3 saturated carbocycles. The summed E-state index contributed by atoms with van der Waals surface area (Å²) >= 11 is 0. The summed E-state index contributed by atoms with van der Waals surface area (Å²) in [5, 5.41) is 30.7. The first-order valence-corrected chi connectivity index (χ1v) is 12.6. The highest BCUT2D eigenvalue weighted by molar-refractivity contribution is 5.39. The van der Waals surface area contributed by atoms with Gasteiger partial charge in [0.25, 0.3) is 0 Å². The van der Waals surface area contributed by atoms with E-state index in [0.29, 0.717) is 23.7 Å². The molecule has 3 heteroatoms. The number of aliphatic hydroxyl groups excluding tert-OH is 2. The van der Waals surface area contributed by atoms with E-state index in [1.54, 1.807) is 5.57 Å². The summed E-state index contributed by atoms with van der Waals surface area (Å²) in [4.78, 5) is 0. The normalized spacial score (nSPS) is 40.4. The van der Waals surface area contributed by atoms with Crippen molar-refractivity contribution in [1.29, 1.82) is 0 Å². The lowest BCUT2D eigenvalue weighted by Crippen LogP contribution is -2.36. The molecule has 3 aliphatic rings. The van der Waals surface area contributed by atoms with Crippen LogP contribution < -0.4 is 0 Å². The van der Waals surface area contributed by atoms with Crippen molar-refractivity contribution in [2.24, 2.45) is 29.1 Å². The number of fused-ring (bicyclic) bond motifs is 1. The first-order chi connectivity index (χ1) is 14.4. The molecule has 0 aromatic heterocycles. The molecule has 176 valence electrons. The Bertz CT molecular complexity index is 712. The minimum Gasteiger partial charge on any atom is -0.392 e. The van der Waals surface area contributed by atoms with E-state index >= 15 is 0 Å². The first kappa shape index (κ1) is 24.7. The van der Waals surface area contributed by atoms with Crippen LogP contribution in [0.25, 0.3) is 0 Å². The van der Waals surface area contributed by atoms with Crippen LogP contribution in [0.1, 0.15) is 92.4 Å². The van der Waals surface area contributed by atoms with Crippen LogP contribution in [-0.2, 0) is 0 Å². The lowest BCUT2D eigenvalue weighted by Gasteiger charge is -2.44. The van der Waals surface area contributed by atoms with Crippen molar-refractivity contribution in [1.82, 2.24) is 0 Å². The fourth-order valence-corrected chi connectivity index (χ4v) is 6.91. The molecule has 0 aromatic carbocycles. The maximum atomic E-state index is 10.4. The van der Waals surface area contributed by atoms with E-state index in [-0.39, 0.29) is 5.92 Å². The Morgan fingerprint density at radius 1 is 1.23 bits per heavy atom. The van der Waals surface area contributed by atoms with Crippen molar-refractivity contribution in [2.45, 2.75) is 110 Å². The van der Waals surface area contributed by atoms with Crippen LogP contribution in [0, 0.1) is 29.1 Å². The van der Waals surface area contributed by atoms with Crippen molar-refractivity contribution in [2.75, 3.05) is 0 Å². The Kier molecular flexibility index (Phi) is 7.61. The number of hydrogen-bond donors (Lipinski definition) is 3. The van der Waals surface area contributed by atoms with Gasteiger partial charge >= 0.3 is 0 Å². The molecule has 0 amide bonds. The molecule has 0 unspecified atom stereocenters. The molecular weight excluding hydrogens is 384 g/mol. The molecule has 0 aromatic rings. The van der Waals surface area contributed by atoms with Crippen molar-refractivity contribution < 1.29 is 15.3 Å². The van der Waals surface area contributed by atoms with E-state index in [4.69, 9.17) is 0 Å². The molecule has 7 atom stereocenters. The summed E-state index contributed by atoms with van der Waals surface area (Å²) in [5.74, 6) is 1.94. The van der Waals surface area contributed by atoms with Crippen LogP contribution in [0.15, 0.2) is 35.5 Å². The van der Waals surface area contributed by atoms with Gasteiger partial charge in [0.2, 0.25) is 0 Å². The van der Waals surface area contributed by atoms with Gasteiger partial charge in [-0.3, -0.25) is 0 Å². The second-order valence-electron chi connectivity index (χ2n) is 11.8. The zero-order chi connectivity index (χ0) is 23.0. The van der Waals surface area contributed by atoms with Crippen molar-refractivity contribution in [3.05, 3.63) is 35.5 Å². The summed E-state index contributed by atoms with van der Waals surface area (Å²) in [6.45, 7) is 14.8. The van der Waals surface area contributed by atoms with Crippen LogP contribution in [0.3, 0.4) is 0 Å². The zero-order valence-corrected chi connectivity index (χ0v) is 20.5. The molecule has 31 heavy (non-hydrogen) atoms. The van der Waals surface area contributed by atoms with E-state index in [0.717, 1.165) is 36.3 Å². The Labute approximate surface area is 190 Å². The van der Waals surface area contributed by atoms with Gasteiger partial charge in [-0.1, -0.05) is 57.9 Å². The zero-order valence-electron chi connectivity index (χ0n) is 20.5. The second kappa shape index (κ2) is 9.53. The Hall–Kier alpha value is -0.900. The largest absolute Gasteiger partial charge is 0.392 e. The van der Waals surface area contributed by atoms with Gasteiger partial charge in [-0.2, -0.15) is 0 Å². The molecule has 0 heterocycles. The van der Waals surface area contributed by atoms with Crippen LogP contribution in [0.5, 0.6) is 0 Å². The molecule has 3 fully saturated rings. The lowest BCUT2D eigenvalue weighted by atomic mass is 9.60. The second-order valence-corrected chi connectivity index (χ2v) is 11.8. The van der Waals surface area contributed by atoms with E-state index in [9.17, 15) is 15.3 Å². The third-order valence-electron chi connectivity index (χ3n) is 8.97. The molecule has 0 saturated heterocycles. The maximum absolute atomic E-state index is 10.4. The maximum Gasteiger partial charge on any atom is 0.0837 e. The summed E-state index contributed by atoms with van der Waals surface area (Å²) < 4.78 is 0. The average Bonchev–Trinajstić information content (AvgIpc) is 3.04. The highest BCUT2D eigenvalue weighted by Gasteiger charge is 2.50. The van der Waals surface area contributed by atoms with Crippen LogP contribution in [0.2, 0.25) is 0 Å². The van der Waals surface area contributed by atoms with Gasteiger partial charge in [-0.15, -0.1) is 0 Å². The van der Waals surface area contributed by atoms with Crippen molar-refractivity contribution in [3.63, 3.8) is 0 Å². The lowest BCUT2D eigenvalue weighted by molar-refractivity contribution is 0.0283. The number of allylic oxidation sites excluding steroid dienone is 3. The van der Waals surface area contributed by atoms with Gasteiger partial charge in [0.05, 0.1) is 17.8 Å². The Morgan fingerprint density at radius 2 is 1.94 bits per heavy atom. The molecule has 3 aliphatic carbocycles. The number of hydrogen-bond acceptors (Lipinski definition) is 3. The van der Waals surface area contributed by atoms with Gasteiger partial charge in [0, 0.05) is 5.92 Å². The van der Waals surface area contributed by atoms with Gasteiger partial charge in [-0.25, -0.2) is 0 Å². The van der Waals surface area contributed by atoms with E-state index in [1.807, 2.05) is 20.8 Å². The molecule has 3 nitrogen and oxygen atoms in total. The van der Waals surface area contributed by atoms with Crippen molar-refractivity contribution >= 4 is 0 Å². The molecule has 0 bridgehead atoms. The van der Waals surface area contributed by atoms with Gasteiger partial charge < -0.3 is 15.3 Å². The SMILES string of the molecule is C=C1/C(=C\C=C2/CCC[C@]3(C)[C@@H]([C@H](C)CCCC(C)(C)O)CC[C@@H]23)C[C@@H](O)[C@H](C)[C@@H]1O. The summed E-state index contributed by atoms with van der Waals surface area (Å²) in [7, 11) is 0. The third-order valence-corrected chi connectivity index (χ3v) is 8.97. The van der Waals surface area contributed by atoms with Crippen LogP contribution in [0.4, 0.5) is 0 Å². The van der Waals surface area contributed by atoms with Gasteiger partial charge in [0.1, 0.15) is 0 Å². The van der Waals surface area contributed by atoms with E-state index in [1.165, 1.54) is 32.1 Å². The average molecular weight is 431 g/mol. The van der Waals surface area contributed by atoms with Gasteiger partial charge in [0.15, 0.2) is 0 Å². The number of aliphatic hydroxyl groups is 3. The standard InChI is InChI=1S/C28H46O3/c1-18(9-7-15-27(4,5)31)23-13-14-24-21(10-8-16-28(23,24)6)11-12-22-17-25(29)20(3)26(30)19(22)2/h11-12,18,20,23-26,29-31H,2,7-10,13-17H2,1,3-6H3/b21-11+,22-12-/t18-,20+,23-,24+,25-,26-,28-/m1/s1. The van der Waals surface area contributed by atoms with E-state index < -0.39 is 17.8 Å². The predicted octanol–water partition coefficient (Wildman–Crippen LogP) is 5.95. The number of rotatable bonds is 6. The fraction of sp³-hybridized carbons (Fsp3) is 0.786. The summed E-state index contributed by atoms with van der Waals surface area (Å²) in [6, 6.07) is 0. The molecule has 3 rings (SSSR count). The highest BCUT2D eigenvalue weighted by atomic mass is 16.3. The highest BCUT2D eigenvalue weighted by Crippen LogP contribution is 2.60. The molecule has 0 aliphatic heterocycles. The van der Waals surface area contributed by atoms with E-state index in [2.05, 4.69) is 32.6 Å². The minimum absolute atomic E-state index is 0.149. The Morgan fingerprint density at radius 3 is 2.61 bits per heavy atom.